The van der Waals surface area contributed by atoms with Gasteiger partial charge in [0, 0.05) is 31.3 Å². The number of nitriles is 1. The van der Waals surface area contributed by atoms with Crippen LogP contribution in [0.3, 0.4) is 0 Å². The summed E-state index contributed by atoms with van der Waals surface area (Å²) in [7, 11) is -3.44. The maximum Gasteiger partial charge on any atom is 0.229 e. The van der Waals surface area contributed by atoms with Crippen molar-refractivity contribution in [3.8, 4) is 23.3 Å². The molecule has 1 heterocycles. The molecular formula is C35H33N3O5S. The molecule has 8 nitrogen and oxygen atoms in total. The smallest absolute Gasteiger partial charge is 0.229 e. The summed E-state index contributed by atoms with van der Waals surface area (Å²) in [6.07, 6.45) is 3.48. The number of ether oxygens (including phenoxy) is 2. The Balaban J connectivity index is 1.31. The SMILES string of the molecule is Cc1c(NS(C)(=O)=O)cccc1N(Cc1ccc(C#N)cc1)Cc1ccc(Oc2cccc(OCCc3ccco3)c2)cc1. The van der Waals surface area contributed by atoms with E-state index in [0.29, 0.717) is 54.6 Å². The number of nitrogens with zero attached hydrogens (tertiary/aromatic N) is 2. The number of sulfonamides is 1. The lowest BCUT2D eigenvalue weighted by molar-refractivity contribution is 0.308. The van der Waals surface area contributed by atoms with Gasteiger partial charge in [-0.2, -0.15) is 5.26 Å². The number of furan rings is 1. The van der Waals surface area contributed by atoms with Crippen molar-refractivity contribution in [1.82, 2.24) is 0 Å². The van der Waals surface area contributed by atoms with E-state index in [2.05, 4.69) is 15.7 Å². The first kappa shape index (κ1) is 30.3. The standard InChI is InChI=1S/C35H33N3O5S/c1-26-34(37-44(2,39)40)9-4-10-35(26)38(24-28-13-11-27(23-36)12-14-28)25-29-15-17-31(18-16-29)43-33-7-3-6-32(22-33)42-21-19-30-8-5-20-41-30/h3-18,20,22,37H,19,21,24-25H2,1-2H3. The molecule has 0 amide bonds. The van der Waals surface area contributed by atoms with Gasteiger partial charge in [0.05, 0.1) is 36.4 Å². The molecule has 0 aliphatic rings. The second-order valence-corrected chi connectivity index (χ2v) is 12.1. The molecule has 0 saturated carbocycles. The van der Waals surface area contributed by atoms with Crippen LogP contribution < -0.4 is 19.1 Å². The molecule has 0 atom stereocenters. The fraction of sp³-hybridized carbons (Fsp3) is 0.171. The minimum Gasteiger partial charge on any atom is -0.493 e. The molecule has 44 heavy (non-hydrogen) atoms. The molecule has 0 aliphatic carbocycles. The summed E-state index contributed by atoms with van der Waals surface area (Å²) in [5.74, 6) is 2.95. The van der Waals surface area contributed by atoms with Crippen molar-refractivity contribution in [3.63, 3.8) is 0 Å². The first-order chi connectivity index (χ1) is 21.3. The van der Waals surface area contributed by atoms with E-state index in [9.17, 15) is 13.7 Å². The summed E-state index contributed by atoms with van der Waals surface area (Å²) < 4.78 is 43.9. The lowest BCUT2D eigenvalue weighted by atomic mass is 10.1. The van der Waals surface area contributed by atoms with Gasteiger partial charge in [0.2, 0.25) is 10.0 Å². The summed E-state index contributed by atoms with van der Waals surface area (Å²) >= 11 is 0. The van der Waals surface area contributed by atoms with Crippen LogP contribution in [0.4, 0.5) is 11.4 Å². The van der Waals surface area contributed by atoms with E-state index < -0.39 is 10.0 Å². The van der Waals surface area contributed by atoms with Crippen molar-refractivity contribution >= 4 is 21.4 Å². The predicted molar refractivity (Wildman–Crippen MR) is 172 cm³/mol. The Bertz CT molecular complexity index is 1830. The van der Waals surface area contributed by atoms with E-state index in [0.717, 1.165) is 34.4 Å². The topological polar surface area (TPSA) is 105 Å². The van der Waals surface area contributed by atoms with E-state index in [-0.39, 0.29) is 0 Å². The average molecular weight is 608 g/mol. The third-order valence-electron chi connectivity index (χ3n) is 6.93. The van der Waals surface area contributed by atoms with Crippen molar-refractivity contribution < 1.29 is 22.3 Å². The number of hydrogen-bond acceptors (Lipinski definition) is 7. The lowest BCUT2D eigenvalue weighted by Gasteiger charge is -2.28. The Hall–Kier alpha value is -5.20. The summed E-state index contributed by atoms with van der Waals surface area (Å²) in [5.41, 5.74) is 4.91. The molecule has 0 spiro atoms. The van der Waals surface area contributed by atoms with Gasteiger partial charge in [0.1, 0.15) is 23.0 Å². The number of nitrogens with one attached hydrogen (secondary N) is 1. The molecule has 0 radical (unpaired) electrons. The van der Waals surface area contributed by atoms with Gasteiger partial charge < -0.3 is 18.8 Å². The summed E-state index contributed by atoms with van der Waals surface area (Å²) in [6, 6.07) is 34.4. The van der Waals surface area contributed by atoms with Gasteiger partial charge in [0.25, 0.3) is 0 Å². The summed E-state index contributed by atoms with van der Waals surface area (Å²) in [4.78, 5) is 2.18. The van der Waals surface area contributed by atoms with Gasteiger partial charge in [0.15, 0.2) is 0 Å². The Morgan fingerprint density at radius 1 is 0.841 bits per heavy atom. The monoisotopic (exact) mass is 607 g/mol. The second kappa shape index (κ2) is 13.8. The molecule has 0 unspecified atom stereocenters. The van der Waals surface area contributed by atoms with Crippen molar-refractivity contribution in [2.75, 3.05) is 22.5 Å². The molecule has 1 aromatic heterocycles. The van der Waals surface area contributed by atoms with Crippen LogP contribution in [0.5, 0.6) is 17.2 Å². The van der Waals surface area contributed by atoms with E-state index in [1.54, 1.807) is 24.5 Å². The zero-order valence-corrected chi connectivity index (χ0v) is 25.4. The number of benzene rings is 4. The molecule has 4 aromatic carbocycles. The van der Waals surface area contributed by atoms with Crippen LogP contribution in [0, 0.1) is 18.3 Å². The van der Waals surface area contributed by atoms with Gasteiger partial charge >= 0.3 is 0 Å². The highest BCUT2D eigenvalue weighted by Gasteiger charge is 2.15. The van der Waals surface area contributed by atoms with Crippen LogP contribution in [-0.2, 0) is 29.5 Å². The Morgan fingerprint density at radius 3 is 2.18 bits per heavy atom. The second-order valence-electron chi connectivity index (χ2n) is 10.4. The first-order valence-corrected chi connectivity index (χ1v) is 16.0. The Labute approximate surface area is 258 Å². The molecule has 1 N–H and O–H groups in total. The average Bonchev–Trinajstić information content (AvgIpc) is 3.53. The molecule has 5 aromatic rings. The van der Waals surface area contributed by atoms with E-state index in [4.69, 9.17) is 13.9 Å². The molecule has 224 valence electrons. The summed E-state index contributed by atoms with van der Waals surface area (Å²) in [6.45, 7) is 3.51. The van der Waals surface area contributed by atoms with Crippen molar-refractivity contribution in [2.45, 2.75) is 26.4 Å². The molecule has 9 heteroatoms. The molecular weight excluding hydrogens is 574 g/mol. The van der Waals surface area contributed by atoms with Crippen LogP contribution in [-0.4, -0.2) is 21.3 Å². The van der Waals surface area contributed by atoms with Crippen molar-refractivity contribution in [1.29, 1.82) is 5.26 Å². The fourth-order valence-corrected chi connectivity index (χ4v) is 5.40. The van der Waals surface area contributed by atoms with Gasteiger partial charge in [-0.3, -0.25) is 4.72 Å². The normalized spacial score (nSPS) is 11.0. The highest BCUT2D eigenvalue weighted by molar-refractivity contribution is 7.92. The van der Waals surface area contributed by atoms with Crippen molar-refractivity contribution in [3.05, 3.63) is 137 Å². The molecule has 0 bridgehead atoms. The fourth-order valence-electron chi connectivity index (χ4n) is 4.78. The third-order valence-corrected chi connectivity index (χ3v) is 7.52. The lowest BCUT2D eigenvalue weighted by Crippen LogP contribution is -2.23. The van der Waals surface area contributed by atoms with Crippen LogP contribution >= 0.6 is 0 Å². The quantitative estimate of drug-likeness (QED) is 0.148. The Kier molecular flexibility index (Phi) is 9.52. The van der Waals surface area contributed by atoms with E-state index in [1.165, 1.54) is 0 Å². The van der Waals surface area contributed by atoms with E-state index >= 15 is 0 Å². The maximum absolute atomic E-state index is 12.0. The molecule has 0 saturated heterocycles. The zero-order valence-electron chi connectivity index (χ0n) is 24.6. The van der Waals surface area contributed by atoms with Gasteiger partial charge in [-0.1, -0.05) is 36.4 Å². The third kappa shape index (κ3) is 8.43. The van der Waals surface area contributed by atoms with Crippen LogP contribution in [0.15, 0.2) is 114 Å². The van der Waals surface area contributed by atoms with Crippen molar-refractivity contribution in [2.24, 2.45) is 0 Å². The number of anilines is 2. The van der Waals surface area contributed by atoms with Gasteiger partial charge in [-0.05, 0) is 84.3 Å². The minimum atomic E-state index is -3.44. The number of hydrogen-bond donors (Lipinski definition) is 1. The Morgan fingerprint density at radius 2 is 1.52 bits per heavy atom. The van der Waals surface area contributed by atoms with Gasteiger partial charge in [-0.15, -0.1) is 0 Å². The van der Waals surface area contributed by atoms with Crippen LogP contribution in [0.25, 0.3) is 0 Å². The summed E-state index contributed by atoms with van der Waals surface area (Å²) in [5, 5.41) is 9.20. The molecule has 0 aliphatic heterocycles. The zero-order chi connectivity index (χ0) is 30.9. The molecule has 0 fully saturated rings. The molecule has 5 rings (SSSR count). The largest absolute Gasteiger partial charge is 0.493 e. The minimum absolute atomic E-state index is 0.497. The number of rotatable bonds is 13. The van der Waals surface area contributed by atoms with Gasteiger partial charge in [-0.25, -0.2) is 8.42 Å². The van der Waals surface area contributed by atoms with Crippen LogP contribution in [0.2, 0.25) is 0 Å². The highest BCUT2D eigenvalue weighted by atomic mass is 32.2. The predicted octanol–water partition coefficient (Wildman–Crippen LogP) is 7.45. The maximum atomic E-state index is 12.0. The van der Waals surface area contributed by atoms with E-state index in [1.807, 2.05) is 91.9 Å². The van der Waals surface area contributed by atoms with Crippen LogP contribution in [0.1, 0.15) is 28.0 Å². The first-order valence-electron chi connectivity index (χ1n) is 14.1. The highest BCUT2D eigenvalue weighted by Crippen LogP contribution is 2.31.